The number of ether oxygens (including phenoxy) is 1. The molecule has 1 unspecified atom stereocenters. The lowest BCUT2D eigenvalue weighted by molar-refractivity contribution is -0.130. The Labute approximate surface area is 104 Å². The molecule has 0 aromatic heterocycles. The van der Waals surface area contributed by atoms with Crippen LogP contribution < -0.4 is 5.32 Å². The minimum Gasteiger partial charge on any atom is -0.383 e. The topological polar surface area (TPSA) is 44.8 Å². The Bertz CT molecular complexity index is 228. The number of likely N-dealkylation sites (N-methyl/N-ethyl adjacent to an activating group) is 1. The summed E-state index contributed by atoms with van der Waals surface area (Å²) in [5.74, 6) is 0.152. The maximum Gasteiger partial charge on any atom is 0.236 e. The van der Waals surface area contributed by atoms with E-state index in [1.807, 2.05) is 0 Å². The van der Waals surface area contributed by atoms with E-state index in [-0.39, 0.29) is 5.91 Å². The minimum atomic E-state index is 0.152. The highest BCUT2D eigenvalue weighted by Crippen LogP contribution is 2.07. The summed E-state index contributed by atoms with van der Waals surface area (Å²) in [4.78, 5) is 15.5. The quantitative estimate of drug-likeness (QED) is 0.671. The first-order valence-corrected chi connectivity index (χ1v) is 6.28. The Balaban J connectivity index is 2.38. The van der Waals surface area contributed by atoms with Gasteiger partial charge < -0.3 is 15.0 Å². The molecule has 0 aliphatic carbocycles. The Hall–Kier alpha value is -0.650. The number of hydrogen-bond acceptors (Lipinski definition) is 4. The van der Waals surface area contributed by atoms with Crippen molar-refractivity contribution < 1.29 is 9.53 Å². The van der Waals surface area contributed by atoms with E-state index in [9.17, 15) is 4.79 Å². The first-order valence-electron chi connectivity index (χ1n) is 6.28. The summed E-state index contributed by atoms with van der Waals surface area (Å²) >= 11 is 0. The van der Waals surface area contributed by atoms with Crippen LogP contribution in [0, 0.1) is 0 Å². The molecule has 1 atom stereocenters. The molecule has 17 heavy (non-hydrogen) atoms. The second kappa shape index (κ2) is 7.63. The summed E-state index contributed by atoms with van der Waals surface area (Å²) in [5.41, 5.74) is 0. The van der Waals surface area contributed by atoms with Gasteiger partial charge in [0.05, 0.1) is 13.2 Å². The van der Waals surface area contributed by atoms with Gasteiger partial charge in [0.1, 0.15) is 0 Å². The smallest absolute Gasteiger partial charge is 0.236 e. The summed E-state index contributed by atoms with van der Waals surface area (Å²) in [6.45, 7) is 4.00. The molecule has 1 heterocycles. The maximum absolute atomic E-state index is 11.7. The number of rotatable bonds is 7. The van der Waals surface area contributed by atoms with Gasteiger partial charge in [-0.2, -0.15) is 0 Å². The monoisotopic (exact) mass is 243 g/mol. The molecule has 1 aliphatic rings. The third-order valence-electron chi connectivity index (χ3n) is 3.11. The van der Waals surface area contributed by atoms with E-state index in [4.69, 9.17) is 4.74 Å². The molecule has 1 amide bonds. The van der Waals surface area contributed by atoms with Crippen molar-refractivity contribution in [3.63, 3.8) is 0 Å². The largest absolute Gasteiger partial charge is 0.383 e. The van der Waals surface area contributed by atoms with Crippen LogP contribution in [0.3, 0.4) is 0 Å². The number of nitrogens with one attached hydrogen (secondary N) is 1. The Morgan fingerprint density at radius 1 is 1.47 bits per heavy atom. The predicted octanol–water partition coefficient (Wildman–Crippen LogP) is -0.225. The van der Waals surface area contributed by atoms with Crippen molar-refractivity contribution in [3.8, 4) is 0 Å². The average molecular weight is 243 g/mol. The van der Waals surface area contributed by atoms with Crippen LogP contribution in [0.1, 0.15) is 12.8 Å². The van der Waals surface area contributed by atoms with Gasteiger partial charge in [-0.05, 0) is 19.4 Å². The summed E-state index contributed by atoms with van der Waals surface area (Å²) in [7, 11) is 5.29. The van der Waals surface area contributed by atoms with Crippen LogP contribution >= 0.6 is 0 Å². The second-order valence-corrected chi connectivity index (χ2v) is 4.81. The predicted molar refractivity (Wildman–Crippen MR) is 68.0 cm³/mol. The Morgan fingerprint density at radius 3 is 2.76 bits per heavy atom. The van der Waals surface area contributed by atoms with Crippen molar-refractivity contribution in [3.05, 3.63) is 0 Å². The molecule has 0 aromatic carbocycles. The standard InChI is InChI=1S/C12H25N3O2/c1-14(2)12(16)10-15(7-8-17-3)9-11-5-4-6-13-11/h11,13H,4-10H2,1-3H3. The summed E-state index contributed by atoms with van der Waals surface area (Å²) in [6, 6.07) is 0.529. The van der Waals surface area contributed by atoms with Crippen molar-refractivity contribution in [1.29, 1.82) is 0 Å². The highest BCUT2D eigenvalue weighted by atomic mass is 16.5. The molecule has 5 heteroatoms. The fraction of sp³-hybridized carbons (Fsp3) is 0.917. The number of amides is 1. The van der Waals surface area contributed by atoms with Gasteiger partial charge in [-0.3, -0.25) is 9.69 Å². The van der Waals surface area contributed by atoms with Gasteiger partial charge in [-0.1, -0.05) is 0 Å². The zero-order valence-corrected chi connectivity index (χ0v) is 11.2. The van der Waals surface area contributed by atoms with Gasteiger partial charge >= 0.3 is 0 Å². The third-order valence-corrected chi connectivity index (χ3v) is 3.11. The molecule has 1 fully saturated rings. The highest BCUT2D eigenvalue weighted by molar-refractivity contribution is 5.77. The van der Waals surface area contributed by atoms with Gasteiger partial charge in [0.15, 0.2) is 0 Å². The molecule has 1 N–H and O–H groups in total. The van der Waals surface area contributed by atoms with Gasteiger partial charge in [-0.15, -0.1) is 0 Å². The van der Waals surface area contributed by atoms with Gasteiger partial charge in [0, 0.05) is 40.3 Å². The minimum absolute atomic E-state index is 0.152. The molecule has 0 spiro atoms. The van der Waals surface area contributed by atoms with E-state index >= 15 is 0 Å². The molecule has 1 rings (SSSR count). The normalized spacial score (nSPS) is 19.9. The molecule has 0 bridgehead atoms. The fourth-order valence-corrected chi connectivity index (χ4v) is 2.01. The van der Waals surface area contributed by atoms with Gasteiger partial charge in [0.2, 0.25) is 5.91 Å². The molecule has 0 radical (unpaired) electrons. The van der Waals surface area contributed by atoms with Crippen LogP contribution in [0.5, 0.6) is 0 Å². The van der Waals surface area contributed by atoms with Crippen LogP contribution in [-0.4, -0.2) is 75.7 Å². The lowest BCUT2D eigenvalue weighted by atomic mass is 10.2. The summed E-state index contributed by atoms with van der Waals surface area (Å²) in [5, 5.41) is 3.46. The Morgan fingerprint density at radius 2 is 2.24 bits per heavy atom. The highest BCUT2D eigenvalue weighted by Gasteiger charge is 2.19. The molecule has 0 aromatic rings. The van der Waals surface area contributed by atoms with E-state index in [2.05, 4.69) is 10.2 Å². The molecule has 5 nitrogen and oxygen atoms in total. The Kier molecular flexibility index (Phi) is 6.47. The van der Waals surface area contributed by atoms with Crippen LogP contribution in [0.2, 0.25) is 0 Å². The average Bonchev–Trinajstić information content (AvgIpc) is 2.78. The van der Waals surface area contributed by atoms with Crippen molar-refractivity contribution in [2.45, 2.75) is 18.9 Å². The van der Waals surface area contributed by atoms with Crippen molar-refractivity contribution >= 4 is 5.91 Å². The number of hydrogen-bond donors (Lipinski definition) is 1. The lowest BCUT2D eigenvalue weighted by Gasteiger charge is -2.26. The SMILES string of the molecule is COCCN(CC(=O)N(C)C)CC1CCCN1. The van der Waals surface area contributed by atoms with Crippen LogP contribution in [0.4, 0.5) is 0 Å². The number of carbonyl (C=O) groups excluding carboxylic acids is 1. The number of carbonyl (C=O) groups is 1. The van der Waals surface area contributed by atoms with E-state index in [0.29, 0.717) is 19.2 Å². The van der Waals surface area contributed by atoms with Gasteiger partial charge in [0.25, 0.3) is 0 Å². The zero-order valence-electron chi connectivity index (χ0n) is 11.2. The van der Waals surface area contributed by atoms with Crippen molar-refractivity contribution in [1.82, 2.24) is 15.1 Å². The molecule has 1 saturated heterocycles. The lowest BCUT2D eigenvalue weighted by Crippen LogP contribution is -2.44. The number of nitrogens with zero attached hydrogens (tertiary/aromatic N) is 2. The maximum atomic E-state index is 11.7. The molecule has 0 saturated carbocycles. The first kappa shape index (κ1) is 14.4. The van der Waals surface area contributed by atoms with Crippen LogP contribution in [0.15, 0.2) is 0 Å². The van der Waals surface area contributed by atoms with Crippen LogP contribution in [-0.2, 0) is 9.53 Å². The van der Waals surface area contributed by atoms with Crippen LogP contribution in [0.25, 0.3) is 0 Å². The molecule has 100 valence electrons. The number of methoxy groups -OCH3 is 1. The molecule has 1 aliphatic heterocycles. The summed E-state index contributed by atoms with van der Waals surface area (Å²) < 4.78 is 5.09. The first-order chi connectivity index (χ1) is 8.13. The van der Waals surface area contributed by atoms with Crippen molar-refractivity contribution in [2.75, 3.05) is 54.0 Å². The summed E-state index contributed by atoms with van der Waals surface area (Å²) in [6.07, 6.45) is 2.45. The van der Waals surface area contributed by atoms with E-state index < -0.39 is 0 Å². The third kappa shape index (κ3) is 5.48. The second-order valence-electron chi connectivity index (χ2n) is 4.81. The van der Waals surface area contributed by atoms with Crippen molar-refractivity contribution in [2.24, 2.45) is 0 Å². The zero-order chi connectivity index (χ0) is 12.7. The van der Waals surface area contributed by atoms with E-state index in [0.717, 1.165) is 19.6 Å². The fourth-order valence-electron chi connectivity index (χ4n) is 2.01. The molecular weight excluding hydrogens is 218 g/mol. The molecular formula is C12H25N3O2. The van der Waals surface area contributed by atoms with Gasteiger partial charge in [-0.25, -0.2) is 0 Å². The van der Waals surface area contributed by atoms with E-state index in [1.165, 1.54) is 12.8 Å². The van der Waals surface area contributed by atoms with E-state index in [1.54, 1.807) is 26.1 Å².